The summed E-state index contributed by atoms with van der Waals surface area (Å²) in [7, 11) is 1.62. The molecule has 1 N–H and O–H groups in total. The second kappa shape index (κ2) is 11.1. The summed E-state index contributed by atoms with van der Waals surface area (Å²) in [6, 6.07) is 5.25. The molecule has 1 fully saturated rings. The van der Waals surface area contributed by atoms with E-state index in [1.54, 1.807) is 13.2 Å². The Morgan fingerprint density at radius 2 is 1.95 bits per heavy atom. The second-order valence-electron chi connectivity index (χ2n) is 5.33. The first-order valence-electron chi connectivity index (χ1n) is 7.54. The molecule has 0 bridgehead atoms. The van der Waals surface area contributed by atoms with Gasteiger partial charge < -0.3 is 10.1 Å². The van der Waals surface area contributed by atoms with E-state index in [2.05, 4.69) is 17.1 Å². The summed E-state index contributed by atoms with van der Waals surface area (Å²) < 4.78 is 18.8. The predicted molar refractivity (Wildman–Crippen MR) is 94.2 cm³/mol. The molecule has 6 heteroatoms. The molecule has 0 unspecified atom stereocenters. The summed E-state index contributed by atoms with van der Waals surface area (Å²) >= 11 is 0. The van der Waals surface area contributed by atoms with Crippen LogP contribution in [-0.2, 0) is 0 Å². The average Bonchev–Trinajstić information content (AvgIpc) is 2.49. The minimum Gasteiger partial charge on any atom is -0.496 e. The summed E-state index contributed by atoms with van der Waals surface area (Å²) in [5.41, 5.74) is 1.12. The Bertz CT molecular complexity index is 429. The summed E-state index contributed by atoms with van der Waals surface area (Å²) in [6.07, 6.45) is 3.44. The minimum atomic E-state index is -0.236. The molecule has 1 atom stereocenters. The molecule has 1 aromatic carbocycles. The number of halogens is 3. The quantitative estimate of drug-likeness (QED) is 0.842. The Morgan fingerprint density at radius 1 is 1.27 bits per heavy atom. The summed E-state index contributed by atoms with van der Waals surface area (Å²) in [4.78, 5) is 2.49. The average molecular weight is 353 g/mol. The summed E-state index contributed by atoms with van der Waals surface area (Å²) in [5.74, 6) is 0.435. The van der Waals surface area contributed by atoms with Gasteiger partial charge in [-0.05, 0) is 12.5 Å². The zero-order valence-corrected chi connectivity index (χ0v) is 14.9. The van der Waals surface area contributed by atoms with E-state index >= 15 is 0 Å². The molecular formula is C16H27Cl2FN2O. The van der Waals surface area contributed by atoms with E-state index in [1.165, 1.54) is 18.9 Å². The second-order valence-corrected chi connectivity index (χ2v) is 5.33. The number of piperazine rings is 1. The zero-order chi connectivity index (χ0) is 14.4. The maximum absolute atomic E-state index is 13.4. The standard InChI is InChI=1S/C16H25FN2O.2ClH/c1-3-4-5-15(19-10-8-18-9-11-19)14-7-6-13(17)12-16(14)20-2;;/h6-7,12,15,18H,3-5,8-11H2,1-2H3;2*1H/t15-;;/m0../s1. The smallest absolute Gasteiger partial charge is 0.126 e. The number of nitrogens with zero attached hydrogens (tertiary/aromatic N) is 1. The Morgan fingerprint density at radius 3 is 2.55 bits per heavy atom. The van der Waals surface area contributed by atoms with Gasteiger partial charge in [0.15, 0.2) is 0 Å². The van der Waals surface area contributed by atoms with Crippen LogP contribution in [0.25, 0.3) is 0 Å². The van der Waals surface area contributed by atoms with Gasteiger partial charge in [0.05, 0.1) is 7.11 Å². The molecule has 1 aromatic rings. The molecule has 1 heterocycles. The first-order chi connectivity index (χ1) is 9.76. The molecule has 1 saturated heterocycles. The van der Waals surface area contributed by atoms with Gasteiger partial charge in [-0.1, -0.05) is 25.8 Å². The summed E-state index contributed by atoms with van der Waals surface area (Å²) in [6.45, 7) is 6.32. The molecule has 0 radical (unpaired) electrons. The maximum Gasteiger partial charge on any atom is 0.126 e. The minimum absolute atomic E-state index is 0. The van der Waals surface area contributed by atoms with Crippen LogP contribution in [0.15, 0.2) is 18.2 Å². The van der Waals surface area contributed by atoms with E-state index < -0.39 is 0 Å². The van der Waals surface area contributed by atoms with Crippen LogP contribution in [0.1, 0.15) is 37.8 Å². The number of nitrogens with one attached hydrogen (secondary N) is 1. The highest BCUT2D eigenvalue weighted by Crippen LogP contribution is 2.33. The van der Waals surface area contributed by atoms with Crippen LogP contribution in [0, 0.1) is 5.82 Å². The molecule has 0 spiro atoms. The molecule has 0 amide bonds. The zero-order valence-electron chi connectivity index (χ0n) is 13.3. The number of ether oxygens (including phenoxy) is 1. The SMILES string of the molecule is CCCC[C@@H](c1ccc(F)cc1OC)N1CCNCC1.Cl.Cl. The highest BCUT2D eigenvalue weighted by molar-refractivity contribution is 5.85. The van der Waals surface area contributed by atoms with E-state index in [4.69, 9.17) is 4.74 Å². The topological polar surface area (TPSA) is 24.5 Å². The number of hydrogen-bond acceptors (Lipinski definition) is 3. The molecule has 3 nitrogen and oxygen atoms in total. The largest absolute Gasteiger partial charge is 0.496 e. The van der Waals surface area contributed by atoms with Gasteiger partial charge in [-0.2, -0.15) is 0 Å². The molecule has 0 aliphatic carbocycles. The van der Waals surface area contributed by atoms with Crippen molar-refractivity contribution in [3.05, 3.63) is 29.6 Å². The van der Waals surface area contributed by atoms with Crippen molar-refractivity contribution in [2.75, 3.05) is 33.3 Å². The molecule has 0 aromatic heterocycles. The van der Waals surface area contributed by atoms with Gasteiger partial charge in [0.2, 0.25) is 0 Å². The lowest BCUT2D eigenvalue weighted by Gasteiger charge is -2.36. The molecule has 1 aliphatic heterocycles. The fraction of sp³-hybridized carbons (Fsp3) is 0.625. The molecule has 128 valence electrons. The van der Waals surface area contributed by atoms with Crippen molar-refractivity contribution < 1.29 is 9.13 Å². The van der Waals surface area contributed by atoms with Gasteiger partial charge in [-0.25, -0.2) is 4.39 Å². The molecule has 22 heavy (non-hydrogen) atoms. The van der Waals surface area contributed by atoms with E-state index in [0.717, 1.165) is 38.2 Å². The Hall–Kier alpha value is -0.550. The summed E-state index contributed by atoms with van der Waals surface area (Å²) in [5, 5.41) is 3.38. The number of unbranched alkanes of at least 4 members (excludes halogenated alkanes) is 1. The first kappa shape index (κ1) is 21.4. The molecule has 2 rings (SSSR count). The molecule has 0 saturated carbocycles. The lowest BCUT2D eigenvalue weighted by Crippen LogP contribution is -2.45. The lowest BCUT2D eigenvalue weighted by molar-refractivity contribution is 0.160. The van der Waals surface area contributed by atoms with Crippen molar-refractivity contribution in [2.45, 2.75) is 32.2 Å². The van der Waals surface area contributed by atoms with Gasteiger partial charge in [0.25, 0.3) is 0 Å². The van der Waals surface area contributed by atoms with Crippen LogP contribution < -0.4 is 10.1 Å². The van der Waals surface area contributed by atoms with Crippen LogP contribution in [-0.4, -0.2) is 38.2 Å². The highest BCUT2D eigenvalue weighted by atomic mass is 35.5. The van der Waals surface area contributed by atoms with Gasteiger partial charge in [-0.3, -0.25) is 4.90 Å². The van der Waals surface area contributed by atoms with Crippen molar-refractivity contribution >= 4 is 24.8 Å². The van der Waals surface area contributed by atoms with Crippen molar-refractivity contribution in [1.82, 2.24) is 10.2 Å². The van der Waals surface area contributed by atoms with E-state index in [-0.39, 0.29) is 30.6 Å². The lowest BCUT2D eigenvalue weighted by atomic mass is 9.97. The Labute approximate surface area is 145 Å². The fourth-order valence-electron chi connectivity index (χ4n) is 2.89. The number of rotatable bonds is 6. The monoisotopic (exact) mass is 352 g/mol. The van der Waals surface area contributed by atoms with Crippen molar-refractivity contribution in [1.29, 1.82) is 0 Å². The van der Waals surface area contributed by atoms with Gasteiger partial charge in [0.1, 0.15) is 11.6 Å². The van der Waals surface area contributed by atoms with E-state index in [1.807, 2.05) is 6.07 Å². The van der Waals surface area contributed by atoms with Crippen molar-refractivity contribution in [2.24, 2.45) is 0 Å². The third kappa shape index (κ3) is 5.58. The van der Waals surface area contributed by atoms with Gasteiger partial charge in [-0.15, -0.1) is 24.8 Å². The normalized spacial score (nSPS) is 16.3. The van der Waals surface area contributed by atoms with Gasteiger partial charge in [0, 0.05) is 43.9 Å². The number of hydrogen-bond donors (Lipinski definition) is 1. The molecular weight excluding hydrogens is 326 g/mol. The fourth-order valence-corrected chi connectivity index (χ4v) is 2.89. The Balaban J connectivity index is 0.00000220. The van der Waals surface area contributed by atoms with Gasteiger partial charge >= 0.3 is 0 Å². The van der Waals surface area contributed by atoms with Crippen LogP contribution in [0.5, 0.6) is 5.75 Å². The van der Waals surface area contributed by atoms with E-state index in [9.17, 15) is 4.39 Å². The van der Waals surface area contributed by atoms with E-state index in [0.29, 0.717) is 11.8 Å². The van der Waals surface area contributed by atoms with Crippen molar-refractivity contribution in [3.8, 4) is 5.75 Å². The number of benzene rings is 1. The number of methoxy groups -OCH3 is 1. The first-order valence-corrected chi connectivity index (χ1v) is 7.54. The maximum atomic E-state index is 13.4. The van der Waals surface area contributed by atoms with Crippen LogP contribution in [0.4, 0.5) is 4.39 Å². The third-order valence-electron chi connectivity index (χ3n) is 3.98. The third-order valence-corrected chi connectivity index (χ3v) is 3.98. The predicted octanol–water partition coefficient (Wildman–Crippen LogP) is 3.81. The molecule has 1 aliphatic rings. The van der Waals surface area contributed by atoms with Crippen LogP contribution in [0.2, 0.25) is 0 Å². The van der Waals surface area contributed by atoms with Crippen LogP contribution >= 0.6 is 24.8 Å². The van der Waals surface area contributed by atoms with Crippen LogP contribution in [0.3, 0.4) is 0 Å². The Kier molecular flexibility index (Phi) is 10.8. The highest BCUT2D eigenvalue weighted by Gasteiger charge is 2.24. The van der Waals surface area contributed by atoms with Crippen molar-refractivity contribution in [3.63, 3.8) is 0 Å².